The standard InChI is InChI=1S/C26H42O3/c1-2-3-4-5-6-7-8-9-10-11-12-13-14-15-16-17-18-20-23-21-19-22-24(27)25(23)26(28)29/h11-12,19,21-22,27H,2-10,13-18,20H2,1H3,(H,28,29)/b12-11-. The van der Waals surface area contributed by atoms with Gasteiger partial charge in [-0.15, -0.1) is 0 Å². The molecule has 164 valence electrons. The fourth-order valence-corrected chi connectivity index (χ4v) is 3.78. The van der Waals surface area contributed by atoms with E-state index in [0.717, 1.165) is 18.4 Å². The predicted octanol–water partition coefficient (Wildman–Crippen LogP) is 8.06. The molecule has 2 N–H and O–H groups in total. The summed E-state index contributed by atoms with van der Waals surface area (Å²) in [5, 5.41) is 18.9. The molecule has 1 rings (SSSR count). The minimum absolute atomic E-state index is 0.0640. The van der Waals surface area contributed by atoms with Crippen LogP contribution in [0, 0.1) is 0 Å². The van der Waals surface area contributed by atoms with Crippen LogP contribution in [-0.2, 0) is 6.42 Å². The Labute approximate surface area is 178 Å². The third-order valence-electron chi connectivity index (χ3n) is 5.55. The third kappa shape index (κ3) is 12.4. The lowest BCUT2D eigenvalue weighted by Crippen LogP contribution is -2.03. The highest BCUT2D eigenvalue weighted by molar-refractivity contribution is 5.92. The molecule has 0 aliphatic heterocycles. The Balaban J connectivity index is 1.95. The molecule has 0 aromatic heterocycles. The second-order valence-corrected chi connectivity index (χ2v) is 8.16. The average molecular weight is 403 g/mol. The van der Waals surface area contributed by atoms with Crippen molar-refractivity contribution in [1.29, 1.82) is 0 Å². The summed E-state index contributed by atoms with van der Waals surface area (Å²) in [6.45, 7) is 2.27. The zero-order valence-electron chi connectivity index (χ0n) is 18.5. The van der Waals surface area contributed by atoms with Gasteiger partial charge in [0.05, 0.1) is 0 Å². The summed E-state index contributed by atoms with van der Waals surface area (Å²) in [5.41, 5.74) is 0.801. The molecule has 3 nitrogen and oxygen atoms in total. The van der Waals surface area contributed by atoms with E-state index >= 15 is 0 Å². The maximum Gasteiger partial charge on any atom is 0.339 e. The van der Waals surface area contributed by atoms with Crippen molar-refractivity contribution >= 4 is 5.97 Å². The molecule has 3 heteroatoms. The molecule has 0 fully saturated rings. The van der Waals surface area contributed by atoms with E-state index in [1.54, 1.807) is 12.1 Å². The van der Waals surface area contributed by atoms with E-state index in [1.165, 1.54) is 89.5 Å². The third-order valence-corrected chi connectivity index (χ3v) is 5.55. The number of phenols is 1. The number of unbranched alkanes of at least 4 members (excludes halogenated alkanes) is 13. The van der Waals surface area contributed by atoms with E-state index in [-0.39, 0.29) is 11.3 Å². The largest absolute Gasteiger partial charge is 0.507 e. The molecule has 1 aromatic rings. The summed E-state index contributed by atoms with van der Waals surface area (Å²) < 4.78 is 0. The first-order chi connectivity index (χ1) is 14.2. The zero-order valence-corrected chi connectivity index (χ0v) is 18.5. The molecule has 0 heterocycles. The highest BCUT2D eigenvalue weighted by Crippen LogP contribution is 2.23. The van der Waals surface area contributed by atoms with Crippen LogP contribution in [0.25, 0.3) is 0 Å². The maximum absolute atomic E-state index is 11.3. The lowest BCUT2D eigenvalue weighted by atomic mass is 9.99. The maximum atomic E-state index is 11.3. The summed E-state index contributed by atoms with van der Waals surface area (Å²) >= 11 is 0. The predicted molar refractivity (Wildman–Crippen MR) is 123 cm³/mol. The Kier molecular flexibility index (Phi) is 14.9. The van der Waals surface area contributed by atoms with Crippen LogP contribution in [0.15, 0.2) is 30.4 Å². The number of carboxylic acids is 1. The van der Waals surface area contributed by atoms with E-state index < -0.39 is 5.97 Å². The van der Waals surface area contributed by atoms with Crippen molar-refractivity contribution in [2.24, 2.45) is 0 Å². The fraction of sp³-hybridized carbons (Fsp3) is 0.654. The lowest BCUT2D eigenvalue weighted by Gasteiger charge is -2.07. The first-order valence-electron chi connectivity index (χ1n) is 11.9. The number of aryl methyl sites for hydroxylation is 1. The number of carbonyl (C=O) groups is 1. The van der Waals surface area contributed by atoms with Crippen LogP contribution in [0.2, 0.25) is 0 Å². The van der Waals surface area contributed by atoms with Crippen LogP contribution in [0.1, 0.15) is 119 Å². The molecule has 0 saturated heterocycles. The molecule has 0 aliphatic rings. The van der Waals surface area contributed by atoms with Crippen molar-refractivity contribution in [1.82, 2.24) is 0 Å². The number of hydrogen-bond donors (Lipinski definition) is 2. The topological polar surface area (TPSA) is 57.5 Å². The summed E-state index contributed by atoms with van der Waals surface area (Å²) in [5.74, 6) is -1.18. The Bertz CT molecular complexity index is 577. The van der Waals surface area contributed by atoms with Crippen LogP contribution >= 0.6 is 0 Å². The molecule has 0 spiro atoms. The van der Waals surface area contributed by atoms with E-state index in [4.69, 9.17) is 0 Å². The number of aromatic hydroxyl groups is 1. The van der Waals surface area contributed by atoms with Gasteiger partial charge in [0.1, 0.15) is 11.3 Å². The molecule has 0 amide bonds. The van der Waals surface area contributed by atoms with Crippen LogP contribution in [-0.4, -0.2) is 16.2 Å². The van der Waals surface area contributed by atoms with Gasteiger partial charge in [0.2, 0.25) is 0 Å². The zero-order chi connectivity index (χ0) is 21.2. The second kappa shape index (κ2) is 17.1. The van der Waals surface area contributed by atoms with Gasteiger partial charge in [-0.3, -0.25) is 0 Å². The molecular weight excluding hydrogens is 360 g/mol. The SMILES string of the molecule is CCCCCCCCCC/C=C\CCCCCCCc1cccc(O)c1C(=O)O. The monoisotopic (exact) mass is 402 g/mol. The minimum Gasteiger partial charge on any atom is -0.507 e. The van der Waals surface area contributed by atoms with Crippen molar-refractivity contribution in [3.05, 3.63) is 41.5 Å². The Hall–Kier alpha value is -1.77. The number of rotatable bonds is 18. The smallest absolute Gasteiger partial charge is 0.339 e. The van der Waals surface area contributed by atoms with Crippen molar-refractivity contribution in [2.75, 3.05) is 0 Å². The number of allylic oxidation sites excluding steroid dienone is 2. The molecule has 1 aromatic carbocycles. The van der Waals surface area contributed by atoms with Crippen LogP contribution in [0.4, 0.5) is 0 Å². The first kappa shape index (κ1) is 25.3. The fourth-order valence-electron chi connectivity index (χ4n) is 3.78. The van der Waals surface area contributed by atoms with Gasteiger partial charge in [-0.25, -0.2) is 4.79 Å². The molecular formula is C26H42O3. The average Bonchev–Trinajstić information content (AvgIpc) is 2.70. The van der Waals surface area contributed by atoms with Crippen LogP contribution < -0.4 is 0 Å². The number of hydrogen-bond acceptors (Lipinski definition) is 2. The van der Waals surface area contributed by atoms with Crippen molar-refractivity contribution in [3.63, 3.8) is 0 Å². The van der Waals surface area contributed by atoms with Crippen molar-refractivity contribution in [2.45, 2.75) is 110 Å². The molecule has 0 aliphatic carbocycles. The van der Waals surface area contributed by atoms with Gasteiger partial charge in [0, 0.05) is 0 Å². The second-order valence-electron chi connectivity index (χ2n) is 8.16. The molecule has 29 heavy (non-hydrogen) atoms. The van der Waals surface area contributed by atoms with E-state index in [1.807, 2.05) is 0 Å². The summed E-state index contributed by atoms with van der Waals surface area (Å²) in [6.07, 6.45) is 24.6. The van der Waals surface area contributed by atoms with Gasteiger partial charge in [-0.05, 0) is 50.2 Å². The number of carboxylic acid groups (broad SMARTS) is 1. The van der Waals surface area contributed by atoms with Gasteiger partial charge < -0.3 is 10.2 Å². The summed E-state index contributed by atoms with van der Waals surface area (Å²) in [4.78, 5) is 11.3. The normalized spacial score (nSPS) is 11.3. The summed E-state index contributed by atoms with van der Waals surface area (Å²) in [6, 6.07) is 4.96. The Morgan fingerprint density at radius 2 is 1.31 bits per heavy atom. The quantitative estimate of drug-likeness (QED) is 0.193. The van der Waals surface area contributed by atoms with E-state index in [0.29, 0.717) is 6.42 Å². The van der Waals surface area contributed by atoms with Gasteiger partial charge in [0.15, 0.2) is 0 Å². The van der Waals surface area contributed by atoms with Gasteiger partial charge in [-0.1, -0.05) is 95.4 Å². The van der Waals surface area contributed by atoms with Crippen molar-refractivity contribution < 1.29 is 15.0 Å². The molecule has 0 atom stereocenters. The number of aromatic carboxylic acids is 1. The van der Waals surface area contributed by atoms with Gasteiger partial charge in [-0.2, -0.15) is 0 Å². The Morgan fingerprint density at radius 1 is 0.793 bits per heavy atom. The number of benzene rings is 1. The Morgan fingerprint density at radius 3 is 1.86 bits per heavy atom. The first-order valence-corrected chi connectivity index (χ1v) is 11.9. The summed E-state index contributed by atoms with van der Waals surface area (Å²) in [7, 11) is 0. The minimum atomic E-state index is -1.04. The highest BCUT2D eigenvalue weighted by atomic mass is 16.4. The lowest BCUT2D eigenvalue weighted by molar-refractivity contribution is 0.0692. The molecule has 0 bridgehead atoms. The molecule has 0 radical (unpaired) electrons. The van der Waals surface area contributed by atoms with Crippen molar-refractivity contribution in [3.8, 4) is 5.75 Å². The van der Waals surface area contributed by atoms with Crippen LogP contribution in [0.5, 0.6) is 5.75 Å². The van der Waals surface area contributed by atoms with E-state index in [2.05, 4.69) is 19.1 Å². The van der Waals surface area contributed by atoms with Gasteiger partial charge >= 0.3 is 5.97 Å². The molecule has 0 saturated carbocycles. The van der Waals surface area contributed by atoms with E-state index in [9.17, 15) is 15.0 Å². The van der Waals surface area contributed by atoms with Crippen LogP contribution in [0.3, 0.4) is 0 Å². The van der Waals surface area contributed by atoms with Gasteiger partial charge in [0.25, 0.3) is 0 Å². The highest BCUT2D eigenvalue weighted by Gasteiger charge is 2.14. The molecule has 0 unspecified atom stereocenters.